The van der Waals surface area contributed by atoms with Crippen LogP contribution in [-0.2, 0) is 12.8 Å². The first-order valence-electron chi connectivity index (χ1n) is 8.23. The van der Waals surface area contributed by atoms with E-state index in [2.05, 4.69) is 39.1 Å². The Labute approximate surface area is 131 Å². The Kier molecular flexibility index (Phi) is 4.87. The zero-order chi connectivity index (χ0) is 15.4. The molecule has 1 fully saturated rings. The van der Waals surface area contributed by atoms with Crippen LogP contribution in [0.15, 0.2) is 16.9 Å². The molecule has 6 nitrogen and oxygen atoms in total. The molecule has 3 rings (SSSR count). The fraction of sp³-hybridized carbons (Fsp3) is 0.688. The largest absolute Gasteiger partial charge is 0.339 e. The minimum atomic E-state index is 0.381. The van der Waals surface area contributed by atoms with Crippen molar-refractivity contribution in [3.63, 3.8) is 0 Å². The molecule has 1 aliphatic heterocycles. The van der Waals surface area contributed by atoms with Crippen LogP contribution in [0, 0.1) is 5.92 Å². The SMILES string of the molecule is CC(C)Cc1noc([C@@H]2CCCN(CCc3cn[nH]c3)C2)n1. The van der Waals surface area contributed by atoms with Crippen molar-refractivity contribution in [3.8, 4) is 0 Å². The Morgan fingerprint density at radius 2 is 2.36 bits per heavy atom. The molecule has 22 heavy (non-hydrogen) atoms. The van der Waals surface area contributed by atoms with Gasteiger partial charge in [0.25, 0.3) is 0 Å². The molecule has 0 radical (unpaired) electrons. The topological polar surface area (TPSA) is 70.8 Å². The highest BCUT2D eigenvalue weighted by atomic mass is 16.5. The van der Waals surface area contributed by atoms with Gasteiger partial charge in [0, 0.05) is 25.7 Å². The van der Waals surface area contributed by atoms with Crippen molar-refractivity contribution in [2.75, 3.05) is 19.6 Å². The van der Waals surface area contributed by atoms with Crippen LogP contribution >= 0.6 is 0 Å². The summed E-state index contributed by atoms with van der Waals surface area (Å²) in [5.41, 5.74) is 1.26. The summed E-state index contributed by atoms with van der Waals surface area (Å²) in [6.45, 7) is 7.58. The van der Waals surface area contributed by atoms with E-state index in [9.17, 15) is 0 Å². The van der Waals surface area contributed by atoms with E-state index in [1.54, 1.807) is 0 Å². The number of H-pyrrole nitrogens is 1. The highest BCUT2D eigenvalue weighted by Crippen LogP contribution is 2.26. The Hall–Kier alpha value is -1.69. The number of piperidine rings is 1. The molecule has 3 heterocycles. The van der Waals surface area contributed by atoms with Gasteiger partial charge in [0.2, 0.25) is 5.89 Å². The molecule has 0 amide bonds. The zero-order valence-electron chi connectivity index (χ0n) is 13.5. The molecular formula is C16H25N5O. The van der Waals surface area contributed by atoms with Crippen LogP contribution in [-0.4, -0.2) is 44.9 Å². The maximum atomic E-state index is 5.50. The molecule has 0 spiro atoms. The predicted molar refractivity (Wildman–Crippen MR) is 83.5 cm³/mol. The van der Waals surface area contributed by atoms with Crippen LogP contribution in [0.25, 0.3) is 0 Å². The van der Waals surface area contributed by atoms with E-state index in [1.165, 1.54) is 12.0 Å². The van der Waals surface area contributed by atoms with E-state index in [4.69, 9.17) is 4.52 Å². The average molecular weight is 303 g/mol. The summed E-state index contributed by atoms with van der Waals surface area (Å²) in [4.78, 5) is 7.09. The first-order valence-corrected chi connectivity index (χ1v) is 8.23. The molecule has 0 saturated carbocycles. The van der Waals surface area contributed by atoms with Gasteiger partial charge >= 0.3 is 0 Å². The molecule has 1 atom stereocenters. The molecular weight excluding hydrogens is 278 g/mol. The van der Waals surface area contributed by atoms with Crippen LogP contribution in [0.2, 0.25) is 0 Å². The maximum Gasteiger partial charge on any atom is 0.231 e. The van der Waals surface area contributed by atoms with Gasteiger partial charge in [0.05, 0.1) is 12.1 Å². The molecule has 2 aromatic heterocycles. The minimum Gasteiger partial charge on any atom is -0.339 e. The van der Waals surface area contributed by atoms with Crippen molar-refractivity contribution >= 4 is 0 Å². The summed E-state index contributed by atoms with van der Waals surface area (Å²) in [7, 11) is 0. The van der Waals surface area contributed by atoms with Gasteiger partial charge in [0.1, 0.15) is 0 Å². The third-order valence-electron chi connectivity index (χ3n) is 4.20. The maximum absolute atomic E-state index is 5.50. The van der Waals surface area contributed by atoms with E-state index >= 15 is 0 Å². The van der Waals surface area contributed by atoms with E-state index in [0.29, 0.717) is 11.8 Å². The molecule has 1 saturated heterocycles. The molecule has 120 valence electrons. The standard InChI is InChI=1S/C16H25N5O/c1-12(2)8-15-19-16(22-20-15)14-4-3-6-21(11-14)7-5-13-9-17-18-10-13/h9-10,12,14H,3-8,11H2,1-2H3,(H,17,18)/t14-/m1/s1. The molecule has 1 N–H and O–H groups in total. The van der Waals surface area contributed by atoms with Gasteiger partial charge in [-0.15, -0.1) is 0 Å². The molecule has 0 unspecified atom stereocenters. The van der Waals surface area contributed by atoms with Gasteiger partial charge in [-0.05, 0) is 37.3 Å². The first kappa shape index (κ1) is 15.2. The lowest BCUT2D eigenvalue weighted by atomic mass is 9.97. The summed E-state index contributed by atoms with van der Waals surface area (Å²) < 4.78 is 5.50. The van der Waals surface area contributed by atoms with E-state index in [-0.39, 0.29) is 0 Å². The number of hydrogen-bond donors (Lipinski definition) is 1. The van der Waals surface area contributed by atoms with Crippen LogP contribution in [0.5, 0.6) is 0 Å². The third-order valence-corrected chi connectivity index (χ3v) is 4.20. The predicted octanol–water partition coefficient (Wildman–Crippen LogP) is 2.41. The Bertz CT molecular complexity index is 563. The number of hydrogen-bond acceptors (Lipinski definition) is 5. The Morgan fingerprint density at radius 1 is 1.45 bits per heavy atom. The van der Waals surface area contributed by atoms with Crippen LogP contribution in [0.1, 0.15) is 49.9 Å². The van der Waals surface area contributed by atoms with Gasteiger partial charge in [0.15, 0.2) is 5.82 Å². The Balaban J connectivity index is 1.54. The van der Waals surface area contributed by atoms with Crippen molar-refractivity contribution in [1.82, 2.24) is 25.2 Å². The fourth-order valence-corrected chi connectivity index (χ4v) is 3.04. The van der Waals surface area contributed by atoms with Crippen molar-refractivity contribution in [2.45, 2.75) is 45.4 Å². The van der Waals surface area contributed by atoms with Crippen LogP contribution in [0.3, 0.4) is 0 Å². The third kappa shape index (κ3) is 3.94. The van der Waals surface area contributed by atoms with Crippen LogP contribution < -0.4 is 0 Å². The number of rotatable bonds is 6. The van der Waals surface area contributed by atoms with Crippen molar-refractivity contribution in [1.29, 1.82) is 0 Å². The normalized spacial score (nSPS) is 19.9. The molecule has 0 bridgehead atoms. The summed E-state index contributed by atoms with van der Waals surface area (Å²) >= 11 is 0. The van der Waals surface area contributed by atoms with Crippen molar-refractivity contribution in [3.05, 3.63) is 29.7 Å². The lowest BCUT2D eigenvalue weighted by Gasteiger charge is -2.30. The summed E-state index contributed by atoms with van der Waals surface area (Å²) in [6, 6.07) is 0. The van der Waals surface area contributed by atoms with Crippen molar-refractivity contribution < 1.29 is 4.52 Å². The van der Waals surface area contributed by atoms with Gasteiger partial charge < -0.3 is 9.42 Å². The second kappa shape index (κ2) is 7.05. The Morgan fingerprint density at radius 3 is 3.14 bits per heavy atom. The van der Waals surface area contributed by atoms with E-state index in [1.807, 2.05) is 12.4 Å². The first-order chi connectivity index (χ1) is 10.7. The number of nitrogens with zero attached hydrogens (tertiary/aromatic N) is 4. The quantitative estimate of drug-likeness (QED) is 0.887. The molecule has 0 aromatic carbocycles. The molecule has 1 aliphatic rings. The van der Waals surface area contributed by atoms with Crippen molar-refractivity contribution in [2.24, 2.45) is 5.92 Å². The van der Waals surface area contributed by atoms with Crippen LogP contribution in [0.4, 0.5) is 0 Å². The number of nitrogens with one attached hydrogen (secondary N) is 1. The fourth-order valence-electron chi connectivity index (χ4n) is 3.04. The summed E-state index contributed by atoms with van der Waals surface area (Å²) in [5.74, 6) is 2.61. The van der Waals surface area contributed by atoms with E-state index < -0.39 is 0 Å². The summed E-state index contributed by atoms with van der Waals surface area (Å²) in [6.07, 6.45) is 8.13. The van der Waals surface area contributed by atoms with Gasteiger partial charge in [-0.3, -0.25) is 5.10 Å². The highest BCUT2D eigenvalue weighted by molar-refractivity contribution is 5.03. The molecule has 2 aromatic rings. The van der Waals surface area contributed by atoms with Gasteiger partial charge in [-0.2, -0.15) is 10.1 Å². The lowest BCUT2D eigenvalue weighted by molar-refractivity contribution is 0.188. The second-order valence-electron chi connectivity index (χ2n) is 6.64. The molecule has 6 heteroatoms. The van der Waals surface area contributed by atoms with E-state index in [0.717, 1.165) is 50.6 Å². The lowest BCUT2D eigenvalue weighted by Crippen LogP contribution is -2.35. The second-order valence-corrected chi connectivity index (χ2v) is 6.64. The number of aromatic nitrogens is 4. The smallest absolute Gasteiger partial charge is 0.231 e. The summed E-state index contributed by atoms with van der Waals surface area (Å²) in [5, 5.41) is 11.0. The molecule has 0 aliphatic carbocycles. The number of likely N-dealkylation sites (tertiary alicyclic amines) is 1. The average Bonchev–Trinajstić information content (AvgIpc) is 3.16. The monoisotopic (exact) mass is 303 g/mol. The van der Waals surface area contributed by atoms with Gasteiger partial charge in [-0.1, -0.05) is 19.0 Å². The highest BCUT2D eigenvalue weighted by Gasteiger charge is 2.25. The zero-order valence-corrected chi connectivity index (χ0v) is 13.5. The van der Waals surface area contributed by atoms with Gasteiger partial charge in [-0.25, -0.2) is 0 Å². The minimum absolute atomic E-state index is 0.381. The number of aromatic amines is 1.